The van der Waals surface area contributed by atoms with Gasteiger partial charge < -0.3 is 10.6 Å². The summed E-state index contributed by atoms with van der Waals surface area (Å²) in [7, 11) is 1.92. The zero-order valence-corrected chi connectivity index (χ0v) is 13.1. The van der Waals surface area contributed by atoms with Crippen molar-refractivity contribution in [2.75, 3.05) is 5.32 Å². The lowest BCUT2D eigenvalue weighted by atomic mass is 10.1. The molecule has 0 radical (unpaired) electrons. The molecule has 2 rings (SSSR count). The third-order valence-corrected chi connectivity index (χ3v) is 3.28. The van der Waals surface area contributed by atoms with Crippen LogP contribution in [0, 0.1) is 20.8 Å². The summed E-state index contributed by atoms with van der Waals surface area (Å²) in [6.07, 6.45) is 2.00. The Kier molecular flexibility index (Phi) is 4.39. The van der Waals surface area contributed by atoms with Crippen molar-refractivity contribution < 1.29 is 0 Å². The van der Waals surface area contributed by atoms with E-state index in [1.807, 2.05) is 24.9 Å². The Morgan fingerprint density at radius 3 is 2.40 bits per heavy atom. The van der Waals surface area contributed by atoms with Gasteiger partial charge in [0.15, 0.2) is 5.11 Å². The molecule has 5 heteroatoms. The molecule has 0 aliphatic carbocycles. The molecule has 1 heterocycles. The molecule has 2 aromatic rings. The lowest BCUT2D eigenvalue weighted by Crippen LogP contribution is -2.28. The second-order valence-electron chi connectivity index (χ2n) is 5.10. The summed E-state index contributed by atoms with van der Waals surface area (Å²) in [4.78, 5) is 0. The summed E-state index contributed by atoms with van der Waals surface area (Å²) < 4.78 is 1.81. The maximum atomic E-state index is 5.32. The lowest BCUT2D eigenvalue weighted by Gasteiger charge is -2.11. The van der Waals surface area contributed by atoms with Crippen LogP contribution in [0.4, 0.5) is 5.69 Å². The number of anilines is 1. The topological polar surface area (TPSA) is 41.9 Å². The first kappa shape index (κ1) is 14.5. The van der Waals surface area contributed by atoms with Gasteiger partial charge in [-0.3, -0.25) is 4.68 Å². The molecular weight excluding hydrogens is 268 g/mol. The fourth-order valence-electron chi connectivity index (χ4n) is 2.22. The van der Waals surface area contributed by atoms with Gasteiger partial charge in [-0.15, -0.1) is 0 Å². The number of aryl methyl sites for hydroxylation is 4. The van der Waals surface area contributed by atoms with E-state index < -0.39 is 0 Å². The number of nitrogens with zero attached hydrogens (tertiary/aromatic N) is 2. The van der Waals surface area contributed by atoms with Crippen LogP contribution in [0.2, 0.25) is 0 Å². The van der Waals surface area contributed by atoms with Crippen molar-refractivity contribution in [2.24, 2.45) is 7.05 Å². The Labute approximate surface area is 125 Å². The molecule has 2 N–H and O–H groups in total. The number of nitrogens with one attached hydrogen (secondary N) is 2. The van der Waals surface area contributed by atoms with E-state index in [1.54, 1.807) is 0 Å². The average Bonchev–Trinajstić information content (AvgIpc) is 2.64. The minimum absolute atomic E-state index is 0.623. The number of aromatic nitrogens is 2. The number of benzene rings is 1. The van der Waals surface area contributed by atoms with Gasteiger partial charge in [0.25, 0.3) is 0 Å². The molecule has 0 unspecified atom stereocenters. The molecule has 0 fully saturated rings. The number of thiocarbonyl (C=S) groups is 1. The van der Waals surface area contributed by atoms with Crippen LogP contribution in [0.3, 0.4) is 0 Å². The maximum Gasteiger partial charge on any atom is 0.171 e. The third-order valence-electron chi connectivity index (χ3n) is 3.03. The highest BCUT2D eigenvalue weighted by molar-refractivity contribution is 7.80. The number of hydrogen-bond acceptors (Lipinski definition) is 2. The van der Waals surface area contributed by atoms with Gasteiger partial charge in [0.2, 0.25) is 0 Å². The summed E-state index contributed by atoms with van der Waals surface area (Å²) in [6.45, 7) is 6.83. The quantitative estimate of drug-likeness (QED) is 0.852. The van der Waals surface area contributed by atoms with E-state index in [4.69, 9.17) is 12.2 Å². The van der Waals surface area contributed by atoms with E-state index in [9.17, 15) is 0 Å². The van der Waals surface area contributed by atoms with Crippen LogP contribution in [0.25, 0.3) is 0 Å². The van der Waals surface area contributed by atoms with Gasteiger partial charge in [-0.05, 0) is 56.2 Å². The van der Waals surface area contributed by atoms with Crippen molar-refractivity contribution in [3.8, 4) is 0 Å². The number of hydrogen-bond donors (Lipinski definition) is 2. The highest BCUT2D eigenvalue weighted by Crippen LogP contribution is 2.13. The molecule has 0 saturated heterocycles. The highest BCUT2D eigenvalue weighted by Gasteiger charge is 2.04. The molecule has 0 atom stereocenters. The van der Waals surface area contributed by atoms with Crippen LogP contribution in [-0.4, -0.2) is 14.9 Å². The zero-order valence-electron chi connectivity index (χ0n) is 12.3. The Morgan fingerprint density at radius 1 is 1.20 bits per heavy atom. The molecule has 0 bridgehead atoms. The SMILES string of the molecule is Cc1cc(C)cc(NC(=S)NCc2cn(C)nc2C)c1. The van der Waals surface area contributed by atoms with E-state index in [0.29, 0.717) is 11.7 Å². The molecule has 4 nitrogen and oxygen atoms in total. The highest BCUT2D eigenvalue weighted by atomic mass is 32.1. The summed E-state index contributed by atoms with van der Waals surface area (Å²) in [5.41, 5.74) is 5.63. The monoisotopic (exact) mass is 288 g/mol. The van der Waals surface area contributed by atoms with Crippen molar-refractivity contribution in [1.82, 2.24) is 15.1 Å². The van der Waals surface area contributed by atoms with Crippen LogP contribution < -0.4 is 10.6 Å². The molecule has 0 aliphatic heterocycles. The molecule has 106 valence electrons. The first-order valence-corrected chi connectivity index (χ1v) is 6.97. The molecule has 0 amide bonds. The van der Waals surface area contributed by atoms with Crippen molar-refractivity contribution in [2.45, 2.75) is 27.3 Å². The average molecular weight is 288 g/mol. The van der Waals surface area contributed by atoms with E-state index in [2.05, 4.69) is 47.8 Å². The van der Waals surface area contributed by atoms with Gasteiger partial charge in [0.1, 0.15) is 0 Å². The zero-order chi connectivity index (χ0) is 14.7. The maximum absolute atomic E-state index is 5.32. The van der Waals surface area contributed by atoms with Crippen LogP contribution in [0.5, 0.6) is 0 Å². The molecule has 1 aromatic heterocycles. The molecule has 20 heavy (non-hydrogen) atoms. The summed E-state index contributed by atoms with van der Waals surface area (Å²) in [6, 6.07) is 6.30. The second-order valence-corrected chi connectivity index (χ2v) is 5.51. The molecule has 0 aliphatic rings. The van der Waals surface area contributed by atoms with Gasteiger partial charge >= 0.3 is 0 Å². The largest absolute Gasteiger partial charge is 0.358 e. The van der Waals surface area contributed by atoms with E-state index >= 15 is 0 Å². The van der Waals surface area contributed by atoms with Gasteiger partial charge in [-0.2, -0.15) is 5.10 Å². The van der Waals surface area contributed by atoms with Crippen molar-refractivity contribution >= 4 is 23.0 Å². The van der Waals surface area contributed by atoms with Gasteiger partial charge in [-0.25, -0.2) is 0 Å². The predicted octanol–water partition coefficient (Wildman–Crippen LogP) is 2.83. The van der Waals surface area contributed by atoms with Crippen LogP contribution in [0.1, 0.15) is 22.4 Å². The summed E-state index contributed by atoms with van der Waals surface area (Å²) >= 11 is 5.32. The van der Waals surface area contributed by atoms with Gasteiger partial charge in [-0.1, -0.05) is 6.07 Å². The Hall–Kier alpha value is -1.88. The molecule has 0 spiro atoms. The predicted molar refractivity (Wildman–Crippen MR) is 86.9 cm³/mol. The van der Waals surface area contributed by atoms with Crippen LogP contribution in [-0.2, 0) is 13.6 Å². The lowest BCUT2D eigenvalue weighted by molar-refractivity contribution is 0.756. The third kappa shape index (κ3) is 3.81. The Balaban J connectivity index is 1.94. The Bertz CT molecular complexity index is 611. The minimum atomic E-state index is 0.623. The second kappa shape index (κ2) is 6.05. The number of rotatable bonds is 3. The molecule has 1 aromatic carbocycles. The van der Waals surface area contributed by atoms with Crippen molar-refractivity contribution in [3.63, 3.8) is 0 Å². The van der Waals surface area contributed by atoms with Crippen LogP contribution in [0.15, 0.2) is 24.4 Å². The summed E-state index contributed by atoms with van der Waals surface area (Å²) in [5, 5.41) is 11.4. The molecular formula is C15H20N4S. The van der Waals surface area contributed by atoms with Crippen molar-refractivity contribution in [3.05, 3.63) is 46.8 Å². The van der Waals surface area contributed by atoms with E-state index in [0.717, 1.165) is 16.9 Å². The van der Waals surface area contributed by atoms with E-state index in [1.165, 1.54) is 11.1 Å². The smallest absolute Gasteiger partial charge is 0.171 e. The first-order valence-electron chi connectivity index (χ1n) is 6.56. The standard InChI is InChI=1S/C15H20N4S/c1-10-5-11(2)7-14(6-10)17-15(20)16-8-13-9-19(4)18-12(13)3/h5-7,9H,8H2,1-4H3,(H2,16,17,20). The summed E-state index contributed by atoms with van der Waals surface area (Å²) in [5.74, 6) is 0. The normalized spacial score (nSPS) is 10.4. The van der Waals surface area contributed by atoms with Gasteiger partial charge in [0.05, 0.1) is 5.69 Å². The van der Waals surface area contributed by atoms with Crippen LogP contribution >= 0.6 is 12.2 Å². The van der Waals surface area contributed by atoms with Crippen molar-refractivity contribution in [1.29, 1.82) is 0 Å². The minimum Gasteiger partial charge on any atom is -0.358 e. The van der Waals surface area contributed by atoms with E-state index in [-0.39, 0.29) is 0 Å². The Morgan fingerprint density at radius 2 is 1.85 bits per heavy atom. The molecule has 0 saturated carbocycles. The first-order chi connectivity index (χ1) is 9.44. The van der Waals surface area contributed by atoms with Gasteiger partial charge in [0, 0.05) is 31.0 Å². The fourth-order valence-corrected chi connectivity index (χ4v) is 2.41. The fraction of sp³-hybridized carbons (Fsp3) is 0.333.